The summed E-state index contributed by atoms with van der Waals surface area (Å²) in [7, 11) is 0. The first-order valence-corrected chi connectivity index (χ1v) is 11.2. The van der Waals surface area contributed by atoms with Crippen LogP contribution in [0.2, 0.25) is 0 Å². The molecule has 0 bridgehead atoms. The van der Waals surface area contributed by atoms with Crippen molar-refractivity contribution in [3.8, 4) is 5.75 Å². The summed E-state index contributed by atoms with van der Waals surface area (Å²) in [5, 5.41) is 9.66. The van der Waals surface area contributed by atoms with Crippen molar-refractivity contribution in [1.29, 1.82) is 0 Å². The van der Waals surface area contributed by atoms with Gasteiger partial charge in [-0.1, -0.05) is 51.6 Å². The van der Waals surface area contributed by atoms with E-state index in [9.17, 15) is 19.5 Å². The number of amides is 1. The molecule has 1 aromatic rings. The van der Waals surface area contributed by atoms with Crippen LogP contribution in [0.1, 0.15) is 95.5 Å². The number of benzene rings is 1. The smallest absolute Gasteiger partial charge is 0.222 e. The second-order valence-corrected chi connectivity index (χ2v) is 7.69. The molecule has 0 unspecified atom stereocenters. The predicted molar refractivity (Wildman–Crippen MR) is 121 cm³/mol. The van der Waals surface area contributed by atoms with Crippen LogP contribution in [0.15, 0.2) is 24.2 Å². The summed E-state index contributed by atoms with van der Waals surface area (Å²) in [5.41, 5.74) is -0.0387. The highest BCUT2D eigenvalue weighted by Crippen LogP contribution is 2.12. The topological polar surface area (TPSA) is 74.7 Å². The molecule has 30 heavy (non-hydrogen) atoms. The minimum atomic E-state index is -0.726. The molecule has 1 N–H and O–H groups in total. The van der Waals surface area contributed by atoms with Gasteiger partial charge in [0.1, 0.15) is 17.3 Å². The Morgan fingerprint density at radius 1 is 0.833 bits per heavy atom. The number of hydrogen-bond donors (Lipinski definition) is 1. The number of carbonyl (C=O) groups excluding carboxylic acids is 3. The average Bonchev–Trinajstić information content (AvgIpc) is 2.83. The van der Waals surface area contributed by atoms with Crippen LogP contribution in [0.25, 0.3) is 0 Å². The van der Waals surface area contributed by atoms with Gasteiger partial charge < -0.3 is 10.0 Å². The monoisotopic (exact) mass is 421 g/mol. The maximum Gasteiger partial charge on any atom is 0.222 e. The van der Waals surface area contributed by atoms with E-state index < -0.39 is 29.9 Å². The number of phenolic OH excluding ortho intramolecular Hbond substituents is 1. The van der Waals surface area contributed by atoms with Gasteiger partial charge >= 0.3 is 0 Å². The Kier molecular flexibility index (Phi) is 10.3. The molecule has 5 nitrogen and oxygen atoms in total. The van der Waals surface area contributed by atoms with Crippen molar-refractivity contribution < 1.29 is 25.0 Å². The number of rotatable bonds is 17. The van der Waals surface area contributed by atoms with Gasteiger partial charge in [-0.2, -0.15) is 0 Å². The van der Waals surface area contributed by atoms with E-state index in [1.165, 1.54) is 0 Å². The molecule has 0 aliphatic heterocycles. The first-order valence-electron chi connectivity index (χ1n) is 13.2. The zero-order valence-corrected chi connectivity index (χ0v) is 18.5. The molecule has 1 amide bonds. The van der Waals surface area contributed by atoms with Gasteiger partial charge in [-0.25, -0.2) is 0 Å². The summed E-state index contributed by atoms with van der Waals surface area (Å²) >= 11 is 0. The lowest BCUT2D eigenvalue weighted by Gasteiger charge is -2.22. The van der Waals surface area contributed by atoms with Gasteiger partial charge in [0, 0.05) is 45.2 Å². The molecule has 168 valence electrons. The van der Waals surface area contributed by atoms with Crippen molar-refractivity contribution in [1.82, 2.24) is 4.90 Å². The van der Waals surface area contributed by atoms with Crippen LogP contribution in [0, 0.1) is 0 Å². The Labute approximate surface area is 187 Å². The van der Waals surface area contributed by atoms with Gasteiger partial charge in [0.15, 0.2) is 0 Å². The molecule has 1 aromatic carbocycles. The summed E-state index contributed by atoms with van der Waals surface area (Å²) in [6, 6.07) is -1.94. The predicted octanol–water partition coefficient (Wildman–Crippen LogP) is 5.23. The Morgan fingerprint density at radius 2 is 1.50 bits per heavy atom. The number of phenols is 1. The molecular weight excluding hydrogens is 378 g/mol. The molecule has 0 aliphatic rings. The summed E-state index contributed by atoms with van der Waals surface area (Å²) in [5.74, 6) is -0.703. The number of Topliss-reactive ketones (excluding diaryl/α,β-unsaturated/α-hetero) is 2. The van der Waals surface area contributed by atoms with Gasteiger partial charge in [0.2, 0.25) is 5.91 Å². The van der Waals surface area contributed by atoms with Crippen LogP contribution in [-0.4, -0.2) is 40.6 Å². The second kappa shape index (κ2) is 15.6. The zero-order valence-electron chi connectivity index (χ0n) is 22.5. The third-order valence-corrected chi connectivity index (χ3v) is 5.07. The number of nitrogens with zero attached hydrogens (tertiary/aromatic N) is 1. The van der Waals surface area contributed by atoms with E-state index in [-0.39, 0.29) is 42.4 Å². The van der Waals surface area contributed by atoms with Crippen LogP contribution >= 0.6 is 0 Å². The van der Waals surface area contributed by atoms with Crippen LogP contribution in [0.5, 0.6) is 5.75 Å². The summed E-state index contributed by atoms with van der Waals surface area (Å²) in [4.78, 5) is 38.3. The summed E-state index contributed by atoms with van der Waals surface area (Å²) < 4.78 is 31.3. The quantitative estimate of drug-likeness (QED) is 0.349. The molecule has 0 saturated heterocycles. The van der Waals surface area contributed by atoms with Crippen molar-refractivity contribution >= 4 is 17.5 Å². The van der Waals surface area contributed by atoms with E-state index in [4.69, 9.17) is 5.48 Å². The normalized spacial score (nSPS) is 12.6. The highest BCUT2D eigenvalue weighted by Gasteiger charge is 2.14. The lowest BCUT2D eigenvalue weighted by atomic mass is 10.1. The Hall–Kier alpha value is -2.17. The number of carbonyl (C=O) groups is 3. The lowest BCUT2D eigenvalue weighted by molar-refractivity contribution is -0.132. The Bertz CT molecular complexity index is 816. The Balaban J connectivity index is 2.62. The molecule has 0 spiro atoms. The fourth-order valence-electron chi connectivity index (χ4n) is 3.14. The largest absolute Gasteiger partial charge is 0.508 e. The summed E-state index contributed by atoms with van der Waals surface area (Å²) in [6.07, 6.45) is 7.77. The summed E-state index contributed by atoms with van der Waals surface area (Å²) in [6.45, 7) is 4.70. The van der Waals surface area contributed by atoms with E-state index in [0.717, 1.165) is 44.9 Å². The highest BCUT2D eigenvalue weighted by molar-refractivity contribution is 5.82. The van der Waals surface area contributed by atoms with E-state index in [1.54, 1.807) is 4.90 Å². The molecule has 0 aliphatic carbocycles. The van der Waals surface area contributed by atoms with Crippen LogP contribution in [-0.2, 0) is 20.8 Å². The third-order valence-electron chi connectivity index (χ3n) is 5.07. The molecule has 5 heteroatoms. The van der Waals surface area contributed by atoms with Gasteiger partial charge in [-0.05, 0) is 36.9 Å². The maximum atomic E-state index is 12.6. The number of ketones is 2. The fourth-order valence-corrected chi connectivity index (χ4v) is 3.14. The SMILES string of the molecule is [2H]c1c([2H])c(CC(=O)CCN(CCCCCCCC(=O)CC)C(=O)CCCC)c([2H])c([2H])c1O. The number of unbranched alkanes of at least 4 members (excludes halogenated alkanes) is 5. The third kappa shape index (κ3) is 11.7. The molecular formula is C25H39NO4. The molecule has 0 fully saturated rings. The molecule has 0 saturated carbocycles. The van der Waals surface area contributed by atoms with Crippen molar-refractivity contribution in [3.05, 3.63) is 29.7 Å². The second-order valence-electron chi connectivity index (χ2n) is 7.69. The molecule has 0 aromatic heterocycles. The van der Waals surface area contributed by atoms with Crippen LogP contribution < -0.4 is 0 Å². The molecule has 1 rings (SSSR count). The zero-order chi connectivity index (χ0) is 25.7. The Morgan fingerprint density at radius 3 is 2.17 bits per heavy atom. The number of hydrogen-bond acceptors (Lipinski definition) is 4. The standard InChI is InChI=1S/C25H39NO4/c1-3-5-12-25(30)26(18-10-8-6-7-9-11-22(27)4-2)19-17-24(29)20-21-13-15-23(28)16-14-21/h13-16,28H,3-12,17-20H2,1-2H3/i13D,14D,15D,16D. The minimum absolute atomic E-state index is 0.0112. The van der Waals surface area contributed by atoms with Gasteiger partial charge in [0.05, 0.1) is 5.48 Å². The van der Waals surface area contributed by atoms with Crippen molar-refractivity contribution in [3.63, 3.8) is 0 Å². The van der Waals surface area contributed by atoms with E-state index in [1.807, 2.05) is 13.8 Å². The van der Waals surface area contributed by atoms with Crippen LogP contribution in [0.3, 0.4) is 0 Å². The van der Waals surface area contributed by atoms with Crippen molar-refractivity contribution in [2.24, 2.45) is 0 Å². The van der Waals surface area contributed by atoms with Gasteiger partial charge in [0.25, 0.3) is 0 Å². The fraction of sp³-hybridized carbons (Fsp3) is 0.640. The van der Waals surface area contributed by atoms with Crippen molar-refractivity contribution in [2.75, 3.05) is 13.1 Å². The van der Waals surface area contributed by atoms with E-state index >= 15 is 0 Å². The van der Waals surface area contributed by atoms with Crippen LogP contribution in [0.4, 0.5) is 0 Å². The molecule has 0 heterocycles. The lowest BCUT2D eigenvalue weighted by Crippen LogP contribution is -2.34. The van der Waals surface area contributed by atoms with Gasteiger partial charge in [-0.15, -0.1) is 0 Å². The average molecular weight is 422 g/mol. The molecule has 0 radical (unpaired) electrons. The maximum absolute atomic E-state index is 12.6. The first kappa shape index (κ1) is 19.8. The van der Waals surface area contributed by atoms with Crippen molar-refractivity contribution in [2.45, 2.75) is 90.9 Å². The highest BCUT2D eigenvalue weighted by atomic mass is 16.3. The molecule has 0 atom stereocenters. The first-order chi connectivity index (χ1) is 16.1. The van der Waals surface area contributed by atoms with E-state index in [2.05, 4.69) is 0 Å². The van der Waals surface area contributed by atoms with E-state index in [0.29, 0.717) is 25.8 Å². The van der Waals surface area contributed by atoms with Gasteiger partial charge in [-0.3, -0.25) is 14.4 Å². The number of aromatic hydroxyl groups is 1. The minimum Gasteiger partial charge on any atom is -0.508 e.